The van der Waals surface area contributed by atoms with E-state index in [4.69, 9.17) is 51.1 Å². The van der Waals surface area contributed by atoms with Crippen molar-refractivity contribution in [2.45, 2.75) is 27.7 Å². The van der Waals surface area contributed by atoms with E-state index in [-0.39, 0.29) is 52.9 Å². The summed E-state index contributed by atoms with van der Waals surface area (Å²) in [4.78, 5) is 36.0. The molecule has 0 spiro atoms. The smallest absolute Gasteiger partial charge is 1.00 e. The first-order valence-electron chi connectivity index (χ1n) is 5.03. The predicted molar refractivity (Wildman–Crippen MR) is 89.4 cm³/mol. The van der Waals surface area contributed by atoms with E-state index in [0.717, 1.165) is 27.7 Å². The van der Waals surface area contributed by atoms with E-state index in [0.29, 0.717) is 13.1 Å². The maximum atomic E-state index is 9.00. The van der Waals surface area contributed by atoms with Gasteiger partial charge in [0.25, 0.3) is 23.9 Å². The molecule has 14 N–H and O–H groups in total. The molecule has 0 bridgehead atoms. The van der Waals surface area contributed by atoms with Gasteiger partial charge < -0.3 is 47.0 Å². The molecule has 12 nitrogen and oxygen atoms in total. The molecule has 13 heteroatoms. The third kappa shape index (κ3) is 18400000. The maximum Gasteiger partial charge on any atom is 2.00 e. The van der Waals surface area contributed by atoms with Gasteiger partial charge >= 0.3 is 37.7 Å². The quantitative estimate of drug-likeness (QED) is 0.267. The van der Waals surface area contributed by atoms with Crippen molar-refractivity contribution in [3.05, 3.63) is 0 Å². The zero-order valence-electron chi connectivity index (χ0n) is 16.1. The number of carbonyl (C=O) groups is 4. The van der Waals surface area contributed by atoms with Gasteiger partial charge in [0.15, 0.2) is 0 Å². The van der Waals surface area contributed by atoms with Gasteiger partial charge in [-0.15, -0.1) is 0 Å². The Labute approximate surface area is 168 Å². The molecular formula is C10H32CaN4O8. The van der Waals surface area contributed by atoms with Crippen LogP contribution in [0.2, 0.25) is 0 Å². The van der Waals surface area contributed by atoms with Crippen LogP contribution >= 0.6 is 0 Å². The first kappa shape index (κ1) is 49.5. The molecular weight excluding hydrogens is 344 g/mol. The average molecular weight is 376 g/mol. The van der Waals surface area contributed by atoms with Crippen LogP contribution in [0, 0.1) is 0 Å². The van der Waals surface area contributed by atoms with E-state index in [9.17, 15) is 0 Å². The molecule has 0 rings (SSSR count). The molecule has 0 radical (unpaired) electrons. The van der Waals surface area contributed by atoms with Crippen LogP contribution in [-0.4, -0.2) is 95.1 Å². The Morgan fingerprint density at radius 2 is 0.696 bits per heavy atom. The molecule has 0 atom stereocenters. The van der Waals surface area contributed by atoms with Crippen molar-refractivity contribution in [1.82, 2.24) is 12.3 Å². The van der Waals surface area contributed by atoms with Gasteiger partial charge in [-0.3, -0.25) is 19.2 Å². The van der Waals surface area contributed by atoms with Crippen LogP contribution in [-0.2, 0) is 19.2 Å². The third-order valence-corrected chi connectivity index (χ3v) is 0.167. The van der Waals surface area contributed by atoms with E-state index < -0.39 is 23.9 Å². The van der Waals surface area contributed by atoms with E-state index in [1.165, 1.54) is 0 Å². The van der Waals surface area contributed by atoms with Crippen LogP contribution < -0.4 is 23.8 Å². The fourth-order valence-electron chi connectivity index (χ4n) is 0. The molecule has 0 saturated carbocycles. The summed E-state index contributed by atoms with van der Waals surface area (Å²) in [6.45, 7) is 5.53. The standard InChI is InChI=1S/C2H8N2.4C2H4O2.Ca.2H3N.2H/c3-1-2-4;4*1-2(3)4;;;;;/h1-4H2;4*1H3,(H,3,4);;2*1H3;;/q;;;;;+2;;;2*-1. The summed E-state index contributed by atoms with van der Waals surface area (Å²) in [5.74, 6) is -3.33. The van der Waals surface area contributed by atoms with Crippen molar-refractivity contribution in [3.63, 3.8) is 0 Å². The number of rotatable bonds is 1. The number of carboxylic acid groups (broad SMARTS) is 4. The molecule has 0 fully saturated rings. The van der Waals surface area contributed by atoms with Crippen molar-refractivity contribution >= 4 is 61.6 Å². The maximum absolute atomic E-state index is 9.00. The number of carboxylic acids is 4. The Morgan fingerprint density at radius 3 is 0.696 bits per heavy atom. The van der Waals surface area contributed by atoms with Crippen LogP contribution in [0.25, 0.3) is 0 Å². The zero-order chi connectivity index (χ0) is 17.7. The Bertz CT molecular complexity index is 211. The van der Waals surface area contributed by atoms with Gasteiger partial charge in [-0.2, -0.15) is 0 Å². The van der Waals surface area contributed by atoms with Crippen molar-refractivity contribution in [2.24, 2.45) is 11.5 Å². The van der Waals surface area contributed by atoms with Crippen LogP contribution in [0.3, 0.4) is 0 Å². The second-order valence-corrected chi connectivity index (χ2v) is 2.65. The minimum absolute atomic E-state index is 0. The van der Waals surface area contributed by atoms with E-state index >= 15 is 0 Å². The molecule has 0 aliphatic carbocycles. The summed E-state index contributed by atoms with van der Waals surface area (Å²) in [5.41, 5.74) is 9.81. The SMILES string of the molecule is CC(=O)O.CC(=O)O.CC(=O)O.CC(=O)O.N.N.NCCN.[Ca+2].[H-].[H-]. The summed E-state index contributed by atoms with van der Waals surface area (Å²) in [6, 6.07) is 0. The Hall–Kier alpha value is -1.02. The van der Waals surface area contributed by atoms with Gasteiger partial charge in [-0.25, -0.2) is 0 Å². The summed E-state index contributed by atoms with van der Waals surface area (Å²) >= 11 is 0. The normalized spacial score (nSPS) is 5.65. The molecule has 0 aromatic carbocycles. The third-order valence-electron chi connectivity index (χ3n) is 0.167. The van der Waals surface area contributed by atoms with Gasteiger partial charge in [0.2, 0.25) is 0 Å². The Morgan fingerprint density at radius 1 is 0.652 bits per heavy atom. The molecule has 142 valence electrons. The first-order valence-corrected chi connectivity index (χ1v) is 5.03. The first-order chi connectivity index (χ1) is 8.84. The molecule has 0 saturated heterocycles. The molecule has 0 aliphatic rings. The summed E-state index contributed by atoms with van der Waals surface area (Å²) < 4.78 is 0. The second kappa shape index (κ2) is 49.7. The van der Waals surface area contributed by atoms with Crippen molar-refractivity contribution in [3.8, 4) is 0 Å². The zero-order valence-corrected chi connectivity index (χ0v) is 16.3. The minimum Gasteiger partial charge on any atom is -1.00 e. The molecule has 23 heavy (non-hydrogen) atoms. The number of aliphatic carboxylic acids is 4. The summed E-state index contributed by atoms with van der Waals surface area (Å²) in [5, 5.41) is 29.7. The van der Waals surface area contributed by atoms with E-state index in [1.807, 2.05) is 0 Å². The predicted octanol–water partition coefficient (Wildman–Crippen LogP) is -0.564. The Kier molecular flexibility index (Phi) is 107. The van der Waals surface area contributed by atoms with Crippen molar-refractivity contribution in [1.29, 1.82) is 0 Å². The molecule has 0 aliphatic heterocycles. The van der Waals surface area contributed by atoms with Gasteiger partial charge in [-0.05, 0) is 0 Å². The van der Waals surface area contributed by atoms with Gasteiger partial charge in [0, 0.05) is 40.8 Å². The minimum atomic E-state index is -0.833. The number of nitrogens with two attached hydrogens (primary N) is 2. The van der Waals surface area contributed by atoms with Crippen LogP contribution in [0.5, 0.6) is 0 Å². The Balaban J connectivity index is -0.0000000134. The van der Waals surface area contributed by atoms with Gasteiger partial charge in [-0.1, -0.05) is 0 Å². The van der Waals surface area contributed by atoms with E-state index in [1.54, 1.807) is 0 Å². The van der Waals surface area contributed by atoms with Crippen molar-refractivity contribution in [2.75, 3.05) is 13.1 Å². The number of hydrogen-bond donors (Lipinski definition) is 8. The van der Waals surface area contributed by atoms with Crippen LogP contribution in [0.15, 0.2) is 0 Å². The molecule has 0 aromatic heterocycles. The second-order valence-electron chi connectivity index (χ2n) is 2.65. The monoisotopic (exact) mass is 376 g/mol. The largest absolute Gasteiger partial charge is 2.00 e. The molecule has 0 heterocycles. The molecule has 0 amide bonds. The van der Waals surface area contributed by atoms with Crippen LogP contribution in [0.1, 0.15) is 30.5 Å². The fourth-order valence-corrected chi connectivity index (χ4v) is 0. The van der Waals surface area contributed by atoms with Gasteiger partial charge in [0.1, 0.15) is 0 Å². The van der Waals surface area contributed by atoms with Crippen LogP contribution in [0.4, 0.5) is 0 Å². The topological polar surface area (TPSA) is 271 Å². The van der Waals surface area contributed by atoms with Crippen molar-refractivity contribution < 1.29 is 42.5 Å². The molecule has 0 unspecified atom stereocenters. The summed E-state index contributed by atoms with van der Waals surface area (Å²) in [6.07, 6.45) is 0. The van der Waals surface area contributed by atoms with E-state index in [2.05, 4.69) is 0 Å². The van der Waals surface area contributed by atoms with Gasteiger partial charge in [0.05, 0.1) is 0 Å². The number of hydrogen-bond acceptors (Lipinski definition) is 8. The summed E-state index contributed by atoms with van der Waals surface area (Å²) in [7, 11) is 0. The fraction of sp³-hybridized carbons (Fsp3) is 0.600. The molecule has 0 aromatic rings. The average Bonchev–Trinajstić information content (AvgIpc) is 2.13.